The maximum atomic E-state index is 2.53. The van der Waals surface area contributed by atoms with E-state index in [1.165, 1.54) is 82.7 Å². The van der Waals surface area contributed by atoms with Crippen LogP contribution in [-0.2, 0) is 5.41 Å². The predicted octanol–water partition coefficient (Wildman–Crippen LogP) is 12.7. The van der Waals surface area contributed by atoms with E-state index in [4.69, 9.17) is 0 Å². The van der Waals surface area contributed by atoms with Crippen molar-refractivity contribution < 1.29 is 0 Å². The molecule has 0 atom stereocenters. The van der Waals surface area contributed by atoms with Gasteiger partial charge in [-0.3, -0.25) is 0 Å². The molecule has 0 aromatic heterocycles. The molecule has 0 nitrogen and oxygen atoms in total. The van der Waals surface area contributed by atoms with Crippen LogP contribution in [0.1, 0.15) is 34.7 Å². The fraction of sp³-hybridized carbons (Fsp3) is 0.0417. The van der Waals surface area contributed by atoms with E-state index < -0.39 is 5.41 Å². The van der Waals surface area contributed by atoms with Gasteiger partial charge in [-0.25, -0.2) is 0 Å². The van der Waals surface area contributed by atoms with E-state index in [1.807, 2.05) is 0 Å². The zero-order valence-corrected chi connectivity index (χ0v) is 26.9. The molecule has 0 unspecified atom stereocenters. The monoisotopic (exact) mass is 610 g/mol. The molecule has 1 aliphatic carbocycles. The summed E-state index contributed by atoms with van der Waals surface area (Å²) in [5.74, 6) is 0. The summed E-state index contributed by atoms with van der Waals surface area (Å²) >= 11 is 0. The maximum Gasteiger partial charge on any atom is 0.0713 e. The lowest BCUT2D eigenvalue weighted by Gasteiger charge is -2.34. The molecule has 226 valence electrons. The molecule has 0 radical (unpaired) electrons. The van der Waals surface area contributed by atoms with Crippen molar-refractivity contribution in [2.75, 3.05) is 0 Å². The van der Waals surface area contributed by atoms with Gasteiger partial charge in [-0.15, -0.1) is 0 Å². The first-order valence-electron chi connectivity index (χ1n) is 16.8. The Hall–Kier alpha value is -5.98. The fourth-order valence-electron chi connectivity index (χ4n) is 8.19. The van der Waals surface area contributed by atoms with E-state index >= 15 is 0 Å². The minimum atomic E-state index is -0.456. The molecular formula is C48H34. The van der Waals surface area contributed by atoms with Crippen molar-refractivity contribution in [3.05, 3.63) is 210 Å². The molecule has 0 amide bonds. The summed E-state index contributed by atoms with van der Waals surface area (Å²) < 4.78 is 0. The summed E-state index contributed by atoms with van der Waals surface area (Å²) in [7, 11) is 0. The van der Waals surface area contributed by atoms with E-state index in [-0.39, 0.29) is 0 Å². The molecule has 48 heavy (non-hydrogen) atoms. The Kier molecular flexibility index (Phi) is 6.69. The first kappa shape index (κ1) is 28.3. The van der Waals surface area contributed by atoms with Gasteiger partial charge in [0.25, 0.3) is 0 Å². The van der Waals surface area contributed by atoms with Crippen LogP contribution in [0.5, 0.6) is 0 Å². The lowest BCUT2D eigenvalue weighted by molar-refractivity contribution is 0.769. The zero-order chi connectivity index (χ0) is 32.1. The van der Waals surface area contributed by atoms with Crippen molar-refractivity contribution in [3.63, 3.8) is 0 Å². The van der Waals surface area contributed by atoms with Crippen molar-refractivity contribution in [3.8, 4) is 33.4 Å². The number of fused-ring (bicyclic) bond motifs is 5. The molecule has 0 aliphatic heterocycles. The highest BCUT2D eigenvalue weighted by Gasteiger charge is 2.46. The van der Waals surface area contributed by atoms with Crippen LogP contribution in [0, 0.1) is 0 Å². The zero-order valence-electron chi connectivity index (χ0n) is 26.9. The molecule has 1 aliphatic rings. The quantitative estimate of drug-likeness (QED) is 0.182. The van der Waals surface area contributed by atoms with Gasteiger partial charge in [-0.05, 0) is 102 Å². The van der Waals surface area contributed by atoms with Gasteiger partial charge in [0.15, 0.2) is 0 Å². The lowest BCUT2D eigenvalue weighted by atomic mass is 9.67. The Balaban J connectivity index is 1.43. The van der Waals surface area contributed by atoms with Gasteiger partial charge in [0.05, 0.1) is 5.41 Å². The summed E-state index contributed by atoms with van der Waals surface area (Å²) in [5.41, 5.74) is 13.6. The highest BCUT2D eigenvalue weighted by atomic mass is 14.5. The van der Waals surface area contributed by atoms with Gasteiger partial charge < -0.3 is 0 Å². The number of allylic oxidation sites excluding steroid dienone is 1. The van der Waals surface area contributed by atoms with E-state index in [0.717, 1.165) is 0 Å². The van der Waals surface area contributed by atoms with Crippen molar-refractivity contribution in [1.29, 1.82) is 0 Å². The van der Waals surface area contributed by atoms with Crippen LogP contribution in [0.2, 0.25) is 0 Å². The molecule has 0 heteroatoms. The first-order chi connectivity index (χ1) is 23.8. The summed E-state index contributed by atoms with van der Waals surface area (Å²) in [6, 6.07) is 65.3. The molecule has 9 rings (SSSR count). The van der Waals surface area contributed by atoms with Gasteiger partial charge in [0.1, 0.15) is 0 Å². The number of hydrogen-bond donors (Lipinski definition) is 0. The highest BCUT2D eigenvalue weighted by Crippen LogP contribution is 2.57. The van der Waals surface area contributed by atoms with Gasteiger partial charge in [-0.2, -0.15) is 0 Å². The third-order valence-corrected chi connectivity index (χ3v) is 10.3. The molecular weight excluding hydrogens is 577 g/mol. The molecule has 0 heterocycles. The maximum absolute atomic E-state index is 2.53. The van der Waals surface area contributed by atoms with Crippen LogP contribution < -0.4 is 0 Å². The highest BCUT2D eigenvalue weighted by molar-refractivity contribution is 6.12. The van der Waals surface area contributed by atoms with Crippen LogP contribution in [0.15, 0.2) is 182 Å². The molecule has 0 spiro atoms. The van der Waals surface area contributed by atoms with Crippen LogP contribution in [0.4, 0.5) is 0 Å². The Morgan fingerprint density at radius 1 is 0.396 bits per heavy atom. The van der Waals surface area contributed by atoms with Crippen LogP contribution in [-0.4, -0.2) is 0 Å². The molecule has 0 bridgehead atoms. The third kappa shape index (κ3) is 4.23. The van der Waals surface area contributed by atoms with E-state index in [2.05, 4.69) is 195 Å². The van der Waals surface area contributed by atoms with E-state index in [9.17, 15) is 0 Å². The average molecular weight is 611 g/mol. The first-order valence-corrected chi connectivity index (χ1v) is 16.8. The Morgan fingerprint density at radius 3 is 1.73 bits per heavy atom. The number of benzene rings is 8. The molecule has 0 saturated heterocycles. The summed E-state index contributed by atoms with van der Waals surface area (Å²) in [6.45, 7) is 2.07. The standard InChI is InChI=1S/C48H34/c1-2-14-33-25-27-35(28-26-33)39-29-30-41(40-23-13-16-34-15-9-10-21-38(34)40)44-32-47-45(31-43(39)44)42-22-11-12-24-46(42)48(47,36-17-5-3-6-18-36)37-19-7-4-8-20-37/h2-32H,1H3/b14-2+. The average Bonchev–Trinajstić information content (AvgIpc) is 3.45. The van der Waals surface area contributed by atoms with Gasteiger partial charge in [0.2, 0.25) is 0 Å². The van der Waals surface area contributed by atoms with Crippen molar-refractivity contribution in [1.82, 2.24) is 0 Å². The largest absolute Gasteiger partial charge is 0.0871 e. The van der Waals surface area contributed by atoms with Gasteiger partial charge >= 0.3 is 0 Å². The van der Waals surface area contributed by atoms with Crippen LogP contribution >= 0.6 is 0 Å². The van der Waals surface area contributed by atoms with Crippen LogP contribution in [0.25, 0.3) is 61.0 Å². The number of hydrogen-bond acceptors (Lipinski definition) is 0. The topological polar surface area (TPSA) is 0 Å². The van der Waals surface area contributed by atoms with Crippen molar-refractivity contribution in [2.45, 2.75) is 12.3 Å². The minimum absolute atomic E-state index is 0.456. The van der Waals surface area contributed by atoms with Gasteiger partial charge in [0, 0.05) is 0 Å². The Labute approximate surface area is 282 Å². The van der Waals surface area contributed by atoms with Crippen molar-refractivity contribution in [2.24, 2.45) is 0 Å². The summed E-state index contributed by atoms with van der Waals surface area (Å²) in [4.78, 5) is 0. The normalized spacial score (nSPS) is 13.2. The predicted molar refractivity (Wildman–Crippen MR) is 204 cm³/mol. The second-order valence-electron chi connectivity index (χ2n) is 12.8. The third-order valence-electron chi connectivity index (χ3n) is 10.3. The SMILES string of the molecule is C/C=C/c1ccc(-c2ccc(-c3cccc4ccccc34)c3cc4c(cc23)-c2ccccc2C4(c2ccccc2)c2ccccc2)cc1. The second kappa shape index (κ2) is 11.4. The van der Waals surface area contributed by atoms with E-state index in [1.54, 1.807) is 0 Å². The Bertz CT molecular complexity index is 2440. The molecule has 8 aromatic rings. The number of rotatable bonds is 5. The van der Waals surface area contributed by atoms with Crippen molar-refractivity contribution >= 4 is 27.6 Å². The fourth-order valence-corrected chi connectivity index (χ4v) is 8.19. The summed E-state index contributed by atoms with van der Waals surface area (Å²) in [5, 5.41) is 5.06. The molecule has 8 aromatic carbocycles. The van der Waals surface area contributed by atoms with E-state index in [0.29, 0.717) is 0 Å². The minimum Gasteiger partial charge on any atom is -0.0871 e. The molecule has 0 fully saturated rings. The smallest absolute Gasteiger partial charge is 0.0713 e. The van der Waals surface area contributed by atoms with Gasteiger partial charge in [-0.1, -0.05) is 176 Å². The molecule has 0 saturated carbocycles. The summed E-state index contributed by atoms with van der Waals surface area (Å²) in [6.07, 6.45) is 4.25. The molecule has 0 N–H and O–H groups in total. The van der Waals surface area contributed by atoms with Crippen LogP contribution in [0.3, 0.4) is 0 Å². The Morgan fingerprint density at radius 2 is 0.979 bits per heavy atom. The lowest BCUT2D eigenvalue weighted by Crippen LogP contribution is -2.28. The second-order valence-corrected chi connectivity index (χ2v) is 12.8.